The van der Waals surface area contributed by atoms with E-state index in [-0.39, 0.29) is 24.7 Å². The Balaban J connectivity index is 1.46. The molecule has 0 aliphatic rings. The topological polar surface area (TPSA) is 126 Å². The van der Waals surface area contributed by atoms with Crippen LogP contribution in [0.4, 0.5) is 0 Å². The van der Waals surface area contributed by atoms with Crippen LogP contribution >= 0.6 is 0 Å². The number of rotatable bonds is 10. The van der Waals surface area contributed by atoms with Gasteiger partial charge < -0.3 is 28.9 Å². The summed E-state index contributed by atoms with van der Waals surface area (Å²) in [6, 6.07) is 18.5. The van der Waals surface area contributed by atoms with Gasteiger partial charge in [0.2, 0.25) is 0 Å². The van der Waals surface area contributed by atoms with Crippen LogP contribution in [0.5, 0.6) is 0 Å². The zero-order valence-corrected chi connectivity index (χ0v) is 18.5. The van der Waals surface area contributed by atoms with Crippen LogP contribution < -0.4 is 0 Å². The number of hydrogen-bond acceptors (Lipinski definition) is 8. The summed E-state index contributed by atoms with van der Waals surface area (Å²) < 4.78 is 16.5. The van der Waals surface area contributed by atoms with Gasteiger partial charge in [-0.1, -0.05) is 48.5 Å². The van der Waals surface area contributed by atoms with E-state index in [0.29, 0.717) is 5.76 Å². The number of ether oxygens (including phenoxy) is 1. The Labute approximate surface area is 196 Å². The molecule has 0 spiro atoms. The molecule has 34 heavy (non-hydrogen) atoms. The Morgan fingerprint density at radius 1 is 1.00 bits per heavy atom. The van der Waals surface area contributed by atoms with Crippen molar-refractivity contribution in [3.05, 3.63) is 90.3 Å². The van der Waals surface area contributed by atoms with Gasteiger partial charge in [-0.05, 0) is 35.7 Å². The molecule has 0 saturated carbocycles. The van der Waals surface area contributed by atoms with Gasteiger partial charge in [0.15, 0.2) is 23.5 Å². The number of oxazole rings is 1. The summed E-state index contributed by atoms with van der Waals surface area (Å²) in [6.07, 6.45) is 1.59. The van der Waals surface area contributed by atoms with Gasteiger partial charge in [-0.3, -0.25) is 4.79 Å². The third-order valence-electron chi connectivity index (χ3n) is 5.75. The molecule has 0 aliphatic heterocycles. The zero-order chi connectivity index (χ0) is 24.1. The number of aliphatic hydroxyl groups excluding tert-OH is 3. The molecule has 2 heterocycles. The van der Waals surface area contributed by atoms with Crippen molar-refractivity contribution in [2.75, 3.05) is 6.61 Å². The molecule has 0 unspecified atom stereocenters. The fraction of sp³-hybridized carbons (Fsp3) is 0.231. The van der Waals surface area contributed by atoms with Gasteiger partial charge >= 0.3 is 0 Å². The fourth-order valence-corrected chi connectivity index (χ4v) is 3.58. The van der Waals surface area contributed by atoms with Crippen molar-refractivity contribution in [1.29, 1.82) is 0 Å². The van der Waals surface area contributed by atoms with Gasteiger partial charge in [-0.25, -0.2) is 4.98 Å². The van der Waals surface area contributed by atoms with Gasteiger partial charge in [-0.2, -0.15) is 0 Å². The van der Waals surface area contributed by atoms with Crippen LogP contribution in [0.25, 0.3) is 22.5 Å². The molecule has 2 atom stereocenters. The summed E-state index contributed by atoms with van der Waals surface area (Å²) in [5, 5.41) is 29.4. The predicted octanol–water partition coefficient (Wildman–Crippen LogP) is 3.66. The smallest absolute Gasteiger partial charge is 0.192 e. The molecule has 0 saturated heterocycles. The van der Waals surface area contributed by atoms with Crippen molar-refractivity contribution < 1.29 is 33.7 Å². The summed E-state index contributed by atoms with van der Waals surface area (Å²) >= 11 is 0. The largest absolute Gasteiger partial charge is 0.461 e. The van der Waals surface area contributed by atoms with Gasteiger partial charge in [0, 0.05) is 5.56 Å². The number of nitrogens with zero attached hydrogens (tertiary/aromatic N) is 1. The molecule has 0 bridgehead atoms. The van der Waals surface area contributed by atoms with Crippen molar-refractivity contribution >= 4 is 5.78 Å². The van der Waals surface area contributed by atoms with E-state index in [1.807, 2.05) is 48.5 Å². The summed E-state index contributed by atoms with van der Waals surface area (Å²) in [4.78, 5) is 16.4. The first kappa shape index (κ1) is 23.6. The minimum atomic E-state index is -1.74. The zero-order valence-electron chi connectivity index (χ0n) is 18.5. The van der Waals surface area contributed by atoms with E-state index in [9.17, 15) is 20.1 Å². The molecule has 0 amide bonds. The molecule has 8 nitrogen and oxygen atoms in total. The first-order chi connectivity index (χ1) is 16.4. The van der Waals surface area contributed by atoms with E-state index < -0.39 is 24.1 Å². The second kappa shape index (κ2) is 10.1. The SMILES string of the molecule is C[C@@](OCc1ccc(-c2ccc(-c3cnco3)cc2)cc1)(C(=O)CO)[C@@H](O)c1ccc(CO)o1. The Bertz CT molecular complexity index is 1210. The highest BCUT2D eigenvalue weighted by Crippen LogP contribution is 2.33. The molecule has 0 fully saturated rings. The third kappa shape index (κ3) is 4.85. The second-order valence-electron chi connectivity index (χ2n) is 7.98. The van der Waals surface area contributed by atoms with Crippen LogP contribution in [0.2, 0.25) is 0 Å². The molecule has 0 aliphatic carbocycles. The number of benzene rings is 2. The first-order valence-electron chi connectivity index (χ1n) is 10.7. The van der Waals surface area contributed by atoms with E-state index in [1.165, 1.54) is 25.5 Å². The molecule has 2 aromatic heterocycles. The van der Waals surface area contributed by atoms with Crippen LogP contribution in [0.3, 0.4) is 0 Å². The molecule has 2 aromatic carbocycles. The summed E-state index contributed by atoms with van der Waals surface area (Å²) in [5.74, 6) is 0.323. The molecule has 4 aromatic rings. The lowest BCUT2D eigenvalue weighted by atomic mass is 9.92. The van der Waals surface area contributed by atoms with E-state index in [4.69, 9.17) is 13.6 Å². The van der Waals surface area contributed by atoms with Crippen molar-refractivity contribution in [1.82, 2.24) is 4.98 Å². The monoisotopic (exact) mass is 463 g/mol. The minimum Gasteiger partial charge on any atom is -0.461 e. The number of Topliss-reactive ketones (excluding diaryl/α,β-unsaturated/α-hetero) is 1. The Hall–Kier alpha value is -3.56. The van der Waals surface area contributed by atoms with Crippen molar-refractivity contribution in [3.63, 3.8) is 0 Å². The normalized spacial score (nSPS) is 14.0. The Morgan fingerprint density at radius 2 is 1.65 bits per heavy atom. The summed E-state index contributed by atoms with van der Waals surface area (Å²) in [7, 11) is 0. The number of ketones is 1. The van der Waals surface area contributed by atoms with Crippen LogP contribution in [0.15, 0.2) is 82.1 Å². The van der Waals surface area contributed by atoms with Crippen molar-refractivity contribution in [3.8, 4) is 22.5 Å². The maximum atomic E-state index is 12.5. The Morgan fingerprint density at radius 3 is 2.21 bits per heavy atom. The van der Waals surface area contributed by atoms with Crippen LogP contribution in [-0.4, -0.2) is 38.3 Å². The van der Waals surface area contributed by atoms with Crippen molar-refractivity contribution in [2.24, 2.45) is 0 Å². The quantitative estimate of drug-likeness (QED) is 0.325. The summed E-state index contributed by atoms with van der Waals surface area (Å²) in [6.45, 7) is 0.289. The number of hydrogen-bond donors (Lipinski definition) is 3. The Kier molecular flexibility index (Phi) is 7.04. The highest BCUT2D eigenvalue weighted by atomic mass is 16.5. The van der Waals surface area contributed by atoms with Crippen LogP contribution in [0, 0.1) is 0 Å². The molecular weight excluding hydrogens is 438 g/mol. The maximum absolute atomic E-state index is 12.5. The second-order valence-corrected chi connectivity index (χ2v) is 7.98. The maximum Gasteiger partial charge on any atom is 0.192 e. The average Bonchev–Trinajstić information content (AvgIpc) is 3.59. The minimum absolute atomic E-state index is 0.0254. The molecule has 4 rings (SSSR count). The molecule has 8 heteroatoms. The molecular formula is C26H25NO7. The van der Waals surface area contributed by atoms with E-state index in [1.54, 1.807) is 6.20 Å². The fourth-order valence-electron chi connectivity index (χ4n) is 3.58. The van der Waals surface area contributed by atoms with E-state index in [2.05, 4.69) is 4.98 Å². The first-order valence-corrected chi connectivity index (χ1v) is 10.7. The number of carbonyl (C=O) groups excluding carboxylic acids is 1. The lowest BCUT2D eigenvalue weighted by molar-refractivity contribution is -0.168. The molecule has 0 radical (unpaired) electrons. The number of furan rings is 1. The predicted molar refractivity (Wildman–Crippen MR) is 122 cm³/mol. The number of aliphatic hydroxyl groups is 3. The lowest BCUT2D eigenvalue weighted by Crippen LogP contribution is -2.45. The van der Waals surface area contributed by atoms with Gasteiger partial charge in [0.25, 0.3) is 0 Å². The standard InChI is InChI=1S/C26H25NO7/c1-26(24(30)14-29,25(31)22-11-10-21(13-28)34-22)33-15-17-2-4-18(5-3-17)19-6-8-20(9-7-19)23-12-27-16-32-23/h2-12,16,25,28-29,31H,13-15H2,1H3/t25-,26+/m0/s1. The van der Waals surface area contributed by atoms with Crippen LogP contribution in [-0.2, 0) is 22.7 Å². The van der Waals surface area contributed by atoms with E-state index >= 15 is 0 Å². The number of carbonyl (C=O) groups is 1. The summed E-state index contributed by atoms with van der Waals surface area (Å²) in [5.41, 5.74) is 1.98. The van der Waals surface area contributed by atoms with Gasteiger partial charge in [0.1, 0.15) is 30.8 Å². The van der Waals surface area contributed by atoms with E-state index in [0.717, 1.165) is 22.3 Å². The highest BCUT2D eigenvalue weighted by molar-refractivity contribution is 5.88. The lowest BCUT2D eigenvalue weighted by Gasteiger charge is -2.31. The number of aromatic nitrogens is 1. The van der Waals surface area contributed by atoms with Gasteiger partial charge in [-0.15, -0.1) is 0 Å². The highest BCUT2D eigenvalue weighted by Gasteiger charge is 2.43. The molecule has 176 valence electrons. The van der Waals surface area contributed by atoms with Crippen molar-refractivity contribution in [2.45, 2.75) is 31.8 Å². The average molecular weight is 463 g/mol. The van der Waals surface area contributed by atoms with Crippen LogP contribution in [0.1, 0.15) is 30.1 Å². The van der Waals surface area contributed by atoms with Gasteiger partial charge in [0.05, 0.1) is 12.8 Å². The molecule has 3 N–H and O–H groups in total. The third-order valence-corrected chi connectivity index (χ3v) is 5.75.